The Balaban J connectivity index is 1.14. The smallest absolute Gasteiger partial charge is 0.303 e. The molecule has 0 radical (unpaired) electrons. The number of carbonyl (C=O) groups excluding carboxylic acids is 1. The zero-order valence-electron chi connectivity index (χ0n) is 20.8. The van der Waals surface area contributed by atoms with Gasteiger partial charge in [0.15, 0.2) is 5.78 Å². The SMILES string of the molecule is O=C(O)CC(CC1CCN(CCC(=O)c2ccc3c(n2)NCCC3)CC1)c1ccc2ccccc2c1. The number of pyridine rings is 1. The molecule has 0 aliphatic carbocycles. The highest BCUT2D eigenvalue weighted by Crippen LogP contribution is 2.34. The van der Waals surface area contributed by atoms with E-state index < -0.39 is 5.97 Å². The first-order valence-electron chi connectivity index (χ1n) is 13.2. The van der Waals surface area contributed by atoms with Crippen molar-refractivity contribution in [3.63, 3.8) is 0 Å². The lowest BCUT2D eigenvalue weighted by molar-refractivity contribution is -0.137. The molecule has 1 atom stereocenters. The zero-order valence-corrected chi connectivity index (χ0v) is 20.8. The Morgan fingerprint density at radius 2 is 1.86 bits per heavy atom. The molecule has 2 N–H and O–H groups in total. The molecular weight excluding hydrogens is 450 g/mol. The summed E-state index contributed by atoms with van der Waals surface area (Å²) in [6.45, 7) is 3.57. The molecule has 188 valence electrons. The van der Waals surface area contributed by atoms with Crippen LogP contribution in [0.15, 0.2) is 54.6 Å². The molecule has 0 saturated carbocycles. The van der Waals surface area contributed by atoms with Crippen molar-refractivity contribution in [2.75, 3.05) is 31.5 Å². The lowest BCUT2D eigenvalue weighted by Crippen LogP contribution is -2.35. The summed E-state index contributed by atoms with van der Waals surface area (Å²) < 4.78 is 0. The van der Waals surface area contributed by atoms with Crippen LogP contribution >= 0.6 is 0 Å². The van der Waals surface area contributed by atoms with Gasteiger partial charge in [-0.1, -0.05) is 48.5 Å². The highest BCUT2D eigenvalue weighted by Gasteiger charge is 2.25. The Hall–Kier alpha value is -3.25. The van der Waals surface area contributed by atoms with E-state index >= 15 is 0 Å². The van der Waals surface area contributed by atoms with Gasteiger partial charge in [0.05, 0.1) is 6.42 Å². The number of nitrogens with one attached hydrogen (secondary N) is 1. The molecule has 0 bridgehead atoms. The normalized spacial score (nSPS) is 17.3. The first kappa shape index (κ1) is 24.4. The van der Waals surface area contributed by atoms with Crippen molar-refractivity contribution in [2.24, 2.45) is 5.92 Å². The lowest BCUT2D eigenvalue weighted by atomic mass is 9.82. The van der Waals surface area contributed by atoms with E-state index in [1.165, 1.54) is 10.9 Å². The van der Waals surface area contributed by atoms with E-state index in [4.69, 9.17) is 0 Å². The van der Waals surface area contributed by atoms with Crippen LogP contribution in [0.2, 0.25) is 0 Å². The molecule has 6 heteroatoms. The number of benzene rings is 2. The van der Waals surface area contributed by atoms with E-state index in [0.717, 1.165) is 75.1 Å². The number of likely N-dealkylation sites (tertiary alicyclic amines) is 1. The van der Waals surface area contributed by atoms with E-state index in [1.807, 2.05) is 24.3 Å². The lowest BCUT2D eigenvalue weighted by Gasteiger charge is -2.33. The third-order valence-corrected chi connectivity index (χ3v) is 7.83. The van der Waals surface area contributed by atoms with Gasteiger partial charge in [0.25, 0.3) is 0 Å². The van der Waals surface area contributed by atoms with Gasteiger partial charge in [-0.3, -0.25) is 9.59 Å². The van der Waals surface area contributed by atoms with Crippen LogP contribution in [0.25, 0.3) is 10.8 Å². The third kappa shape index (κ3) is 5.93. The number of rotatable bonds is 9. The number of carbonyl (C=O) groups is 2. The zero-order chi connectivity index (χ0) is 24.9. The second-order valence-electron chi connectivity index (χ2n) is 10.3. The number of carboxylic acids is 1. The number of hydrogen-bond acceptors (Lipinski definition) is 5. The molecule has 1 fully saturated rings. The molecule has 5 rings (SSSR count). The second kappa shape index (κ2) is 11.2. The Bertz CT molecular complexity index is 1230. The average molecular weight is 486 g/mol. The highest BCUT2D eigenvalue weighted by molar-refractivity contribution is 5.94. The predicted molar refractivity (Wildman–Crippen MR) is 143 cm³/mol. The number of ketones is 1. The van der Waals surface area contributed by atoms with Crippen LogP contribution in [0.4, 0.5) is 5.82 Å². The van der Waals surface area contributed by atoms with Crippen molar-refractivity contribution in [1.29, 1.82) is 0 Å². The van der Waals surface area contributed by atoms with Gasteiger partial charge >= 0.3 is 5.97 Å². The molecule has 36 heavy (non-hydrogen) atoms. The summed E-state index contributed by atoms with van der Waals surface area (Å²) in [5, 5.41) is 15.2. The van der Waals surface area contributed by atoms with Crippen LogP contribution in [-0.2, 0) is 11.2 Å². The molecule has 2 aromatic carbocycles. The van der Waals surface area contributed by atoms with Gasteiger partial charge in [0.1, 0.15) is 11.5 Å². The summed E-state index contributed by atoms with van der Waals surface area (Å²) in [6.07, 6.45) is 5.75. The van der Waals surface area contributed by atoms with Crippen molar-refractivity contribution >= 4 is 28.3 Å². The van der Waals surface area contributed by atoms with Crippen molar-refractivity contribution in [2.45, 2.75) is 50.9 Å². The molecule has 0 amide bonds. The number of anilines is 1. The number of aryl methyl sites for hydroxylation is 1. The van der Waals surface area contributed by atoms with Gasteiger partial charge in [0, 0.05) is 19.5 Å². The van der Waals surface area contributed by atoms with E-state index in [1.54, 1.807) is 0 Å². The number of aromatic nitrogens is 1. The largest absolute Gasteiger partial charge is 0.481 e. The van der Waals surface area contributed by atoms with Crippen LogP contribution in [-0.4, -0.2) is 52.9 Å². The monoisotopic (exact) mass is 485 g/mol. The Labute approximate surface area is 212 Å². The van der Waals surface area contributed by atoms with Crippen LogP contribution < -0.4 is 5.32 Å². The predicted octanol–water partition coefficient (Wildman–Crippen LogP) is 5.53. The average Bonchev–Trinajstić information content (AvgIpc) is 2.91. The summed E-state index contributed by atoms with van der Waals surface area (Å²) >= 11 is 0. The molecule has 2 aliphatic rings. The van der Waals surface area contributed by atoms with E-state index in [2.05, 4.69) is 45.5 Å². The van der Waals surface area contributed by atoms with E-state index in [9.17, 15) is 14.7 Å². The molecular formula is C30H35N3O3. The summed E-state index contributed by atoms with van der Waals surface area (Å²) in [7, 11) is 0. The molecule has 1 aromatic heterocycles. The topological polar surface area (TPSA) is 82.5 Å². The Kier molecular flexibility index (Phi) is 7.61. The first-order chi connectivity index (χ1) is 17.5. The number of carboxylic acid groups (broad SMARTS) is 1. The van der Waals surface area contributed by atoms with E-state index in [-0.39, 0.29) is 18.1 Å². The molecule has 3 heterocycles. The summed E-state index contributed by atoms with van der Waals surface area (Å²) in [6, 6.07) is 18.5. The number of hydrogen-bond donors (Lipinski definition) is 2. The van der Waals surface area contributed by atoms with Crippen molar-refractivity contribution in [3.05, 3.63) is 71.4 Å². The fraction of sp³-hybridized carbons (Fsp3) is 0.433. The summed E-state index contributed by atoms with van der Waals surface area (Å²) in [5.41, 5.74) is 2.88. The number of fused-ring (bicyclic) bond motifs is 2. The second-order valence-corrected chi connectivity index (χ2v) is 10.3. The number of nitrogens with zero attached hydrogens (tertiary/aromatic N) is 2. The van der Waals surface area contributed by atoms with Gasteiger partial charge in [-0.2, -0.15) is 0 Å². The van der Waals surface area contributed by atoms with Gasteiger partial charge in [-0.15, -0.1) is 0 Å². The van der Waals surface area contributed by atoms with Crippen molar-refractivity contribution in [1.82, 2.24) is 9.88 Å². The molecule has 6 nitrogen and oxygen atoms in total. The quantitative estimate of drug-likeness (QED) is 0.388. The minimum atomic E-state index is -0.741. The van der Waals surface area contributed by atoms with E-state index in [0.29, 0.717) is 18.0 Å². The molecule has 2 aliphatic heterocycles. The van der Waals surface area contributed by atoms with Crippen LogP contribution in [0, 0.1) is 5.92 Å². The maximum absolute atomic E-state index is 12.8. The number of aliphatic carboxylic acids is 1. The third-order valence-electron chi connectivity index (χ3n) is 7.83. The van der Waals surface area contributed by atoms with Crippen LogP contribution in [0.3, 0.4) is 0 Å². The van der Waals surface area contributed by atoms with Gasteiger partial charge in [-0.05, 0) is 85.0 Å². The Morgan fingerprint density at radius 3 is 2.67 bits per heavy atom. The standard InChI is InChI=1S/C30H35N3O3/c34-28(27-10-9-23-6-3-14-31-30(23)32-27)13-17-33-15-11-21(12-16-33)18-26(20-29(35)36)25-8-7-22-4-1-2-5-24(22)19-25/h1-2,4-5,7-10,19,21,26H,3,6,11-18,20H2,(H,31,32)(H,35,36). The van der Waals surface area contributed by atoms with Crippen molar-refractivity contribution in [3.8, 4) is 0 Å². The first-order valence-corrected chi connectivity index (χ1v) is 13.2. The molecule has 1 saturated heterocycles. The molecule has 3 aromatic rings. The number of Topliss-reactive ketones (excluding diaryl/α,β-unsaturated/α-hetero) is 1. The Morgan fingerprint density at radius 1 is 1.06 bits per heavy atom. The van der Waals surface area contributed by atoms with Crippen molar-refractivity contribution < 1.29 is 14.7 Å². The minimum Gasteiger partial charge on any atom is -0.481 e. The highest BCUT2D eigenvalue weighted by atomic mass is 16.4. The van der Waals surface area contributed by atoms with Gasteiger partial charge in [0.2, 0.25) is 0 Å². The van der Waals surface area contributed by atoms with Crippen LogP contribution in [0.5, 0.6) is 0 Å². The summed E-state index contributed by atoms with van der Waals surface area (Å²) in [5.74, 6) is 0.755. The maximum atomic E-state index is 12.8. The van der Waals surface area contributed by atoms with Gasteiger partial charge in [-0.25, -0.2) is 4.98 Å². The maximum Gasteiger partial charge on any atom is 0.303 e. The van der Waals surface area contributed by atoms with Crippen LogP contribution in [0.1, 0.15) is 66.1 Å². The number of piperidine rings is 1. The molecule has 1 unspecified atom stereocenters. The minimum absolute atomic E-state index is 0.0222. The summed E-state index contributed by atoms with van der Waals surface area (Å²) in [4.78, 5) is 31.3. The molecule has 0 spiro atoms. The fourth-order valence-electron chi connectivity index (χ4n) is 5.73. The fourth-order valence-corrected chi connectivity index (χ4v) is 5.73. The van der Waals surface area contributed by atoms with Gasteiger partial charge < -0.3 is 15.3 Å².